The molecule has 0 fully saturated rings. The zero-order valence-corrected chi connectivity index (χ0v) is 13.1. The van der Waals surface area contributed by atoms with E-state index in [1.807, 2.05) is 17.8 Å². The summed E-state index contributed by atoms with van der Waals surface area (Å²) in [7, 11) is 1.89. The normalized spacial score (nSPS) is 11.1. The fourth-order valence-electron chi connectivity index (χ4n) is 1.98. The maximum Gasteiger partial charge on any atom is 0.387 e. The molecule has 0 bridgehead atoms. The lowest BCUT2D eigenvalue weighted by atomic mass is 10.2. The lowest BCUT2D eigenvalue weighted by Crippen LogP contribution is -2.18. The molecular weight excluding hydrogens is 344 g/mol. The summed E-state index contributed by atoms with van der Waals surface area (Å²) in [6.45, 7) is -1.64. The predicted molar refractivity (Wildman–Crippen MR) is 79.4 cm³/mol. The molecule has 1 heterocycles. The van der Waals surface area contributed by atoms with Crippen molar-refractivity contribution in [1.29, 1.82) is 0 Å². The molecule has 0 saturated carbocycles. The van der Waals surface area contributed by atoms with Gasteiger partial charge in [0.05, 0.1) is 0 Å². The van der Waals surface area contributed by atoms with Crippen LogP contribution in [0.15, 0.2) is 34.9 Å². The summed E-state index contributed by atoms with van der Waals surface area (Å²) in [6, 6.07) is 6.94. The quantitative estimate of drug-likeness (QED) is 0.772. The van der Waals surface area contributed by atoms with Crippen LogP contribution in [0.2, 0.25) is 0 Å². The Morgan fingerprint density at radius 2 is 2.19 bits per heavy atom. The Hall–Kier alpha value is -1.47. The Kier molecular flexibility index (Phi) is 5.69. The van der Waals surface area contributed by atoms with Crippen molar-refractivity contribution < 1.29 is 13.5 Å². The minimum absolute atomic E-state index is 0.196. The van der Waals surface area contributed by atoms with Crippen molar-refractivity contribution in [3.63, 3.8) is 0 Å². The van der Waals surface area contributed by atoms with Gasteiger partial charge in [-0.1, -0.05) is 15.9 Å². The predicted octanol–water partition coefficient (Wildman–Crippen LogP) is 3.12. The molecule has 1 N–H and O–H groups in total. The standard InChI is InChI=1S/C14H16BrF2N3O/c1-20-12(5-7-19-20)4-6-18-9-10-8-11(15)2-3-13(10)21-14(16)17/h2-3,5,7-8,14,18H,4,6,9H2,1H3. The zero-order valence-electron chi connectivity index (χ0n) is 11.5. The van der Waals surface area contributed by atoms with Gasteiger partial charge in [-0.25, -0.2) is 0 Å². The molecule has 0 radical (unpaired) electrons. The fourth-order valence-corrected chi connectivity index (χ4v) is 2.39. The van der Waals surface area contributed by atoms with Crippen LogP contribution in [0.1, 0.15) is 11.3 Å². The summed E-state index contributed by atoms with van der Waals surface area (Å²) in [5, 5.41) is 7.31. The zero-order chi connectivity index (χ0) is 15.2. The van der Waals surface area contributed by atoms with Gasteiger partial charge in [0, 0.05) is 48.5 Å². The van der Waals surface area contributed by atoms with Gasteiger partial charge in [-0.3, -0.25) is 4.68 Å². The topological polar surface area (TPSA) is 39.1 Å². The lowest BCUT2D eigenvalue weighted by molar-refractivity contribution is -0.0505. The van der Waals surface area contributed by atoms with Crippen molar-refractivity contribution in [1.82, 2.24) is 15.1 Å². The van der Waals surface area contributed by atoms with Crippen molar-refractivity contribution in [2.24, 2.45) is 7.05 Å². The summed E-state index contributed by atoms with van der Waals surface area (Å²) in [4.78, 5) is 0. The number of aryl methyl sites for hydroxylation is 1. The molecule has 0 aliphatic heterocycles. The number of hydrogen-bond donors (Lipinski definition) is 1. The summed E-state index contributed by atoms with van der Waals surface area (Å²) in [6.07, 6.45) is 2.56. The molecule has 0 atom stereocenters. The molecule has 2 aromatic rings. The molecule has 0 saturated heterocycles. The van der Waals surface area contributed by atoms with Crippen LogP contribution >= 0.6 is 15.9 Å². The van der Waals surface area contributed by atoms with E-state index in [2.05, 4.69) is 31.1 Å². The Bertz CT molecular complexity index is 589. The first kappa shape index (κ1) is 15.9. The molecular formula is C14H16BrF2N3O. The first-order chi connectivity index (χ1) is 10.1. The van der Waals surface area contributed by atoms with Crippen LogP contribution < -0.4 is 10.1 Å². The number of benzene rings is 1. The van der Waals surface area contributed by atoms with E-state index in [9.17, 15) is 8.78 Å². The second-order valence-corrected chi connectivity index (χ2v) is 5.42. The molecule has 0 spiro atoms. The summed E-state index contributed by atoms with van der Waals surface area (Å²) < 4.78 is 31.9. The average Bonchev–Trinajstić information content (AvgIpc) is 2.83. The van der Waals surface area contributed by atoms with E-state index in [0.717, 1.165) is 23.1 Å². The third-order valence-electron chi connectivity index (χ3n) is 3.03. The number of nitrogens with zero attached hydrogens (tertiary/aromatic N) is 2. The Balaban J connectivity index is 1.90. The number of aromatic nitrogens is 2. The number of ether oxygens (including phenoxy) is 1. The molecule has 2 rings (SSSR count). The van der Waals surface area contributed by atoms with Gasteiger partial charge in [-0.2, -0.15) is 13.9 Å². The fraction of sp³-hybridized carbons (Fsp3) is 0.357. The highest BCUT2D eigenvalue weighted by atomic mass is 79.9. The second kappa shape index (κ2) is 7.51. The van der Waals surface area contributed by atoms with E-state index >= 15 is 0 Å². The number of nitrogens with one attached hydrogen (secondary N) is 1. The van der Waals surface area contributed by atoms with Crippen LogP contribution in [0.25, 0.3) is 0 Å². The van der Waals surface area contributed by atoms with Crippen molar-refractivity contribution in [2.75, 3.05) is 6.54 Å². The van der Waals surface area contributed by atoms with Crippen molar-refractivity contribution in [3.05, 3.63) is 46.2 Å². The minimum Gasteiger partial charge on any atom is -0.434 e. The van der Waals surface area contributed by atoms with Crippen LogP contribution in [0.3, 0.4) is 0 Å². The van der Waals surface area contributed by atoms with Gasteiger partial charge in [0.1, 0.15) is 5.75 Å². The first-order valence-corrected chi connectivity index (χ1v) is 7.26. The van der Waals surface area contributed by atoms with Crippen LogP contribution in [0.4, 0.5) is 8.78 Å². The molecule has 1 aromatic heterocycles. The van der Waals surface area contributed by atoms with Gasteiger partial charge in [0.15, 0.2) is 0 Å². The van der Waals surface area contributed by atoms with Crippen LogP contribution in [-0.4, -0.2) is 22.9 Å². The molecule has 0 aliphatic rings. The highest BCUT2D eigenvalue weighted by Crippen LogP contribution is 2.24. The number of halogens is 3. The van der Waals surface area contributed by atoms with Crippen LogP contribution in [0, 0.1) is 0 Å². The number of hydrogen-bond acceptors (Lipinski definition) is 3. The van der Waals surface area contributed by atoms with Gasteiger partial charge in [0.25, 0.3) is 0 Å². The summed E-state index contributed by atoms with van der Waals surface area (Å²) in [5.41, 5.74) is 1.80. The van der Waals surface area contributed by atoms with Gasteiger partial charge >= 0.3 is 6.61 Å². The van der Waals surface area contributed by atoms with E-state index in [1.54, 1.807) is 18.3 Å². The SMILES string of the molecule is Cn1nccc1CCNCc1cc(Br)ccc1OC(F)F. The molecule has 21 heavy (non-hydrogen) atoms. The van der Waals surface area contributed by atoms with E-state index in [0.29, 0.717) is 12.1 Å². The molecule has 114 valence electrons. The van der Waals surface area contributed by atoms with Crippen LogP contribution in [0.5, 0.6) is 5.75 Å². The molecule has 0 aliphatic carbocycles. The van der Waals surface area contributed by atoms with Gasteiger partial charge in [-0.05, 0) is 24.3 Å². The van der Waals surface area contributed by atoms with Gasteiger partial charge in [-0.15, -0.1) is 0 Å². The van der Waals surface area contributed by atoms with E-state index < -0.39 is 6.61 Å². The smallest absolute Gasteiger partial charge is 0.387 e. The highest BCUT2D eigenvalue weighted by Gasteiger charge is 2.10. The lowest BCUT2D eigenvalue weighted by Gasteiger charge is -2.12. The van der Waals surface area contributed by atoms with Crippen LogP contribution in [-0.2, 0) is 20.0 Å². The van der Waals surface area contributed by atoms with E-state index in [-0.39, 0.29) is 5.75 Å². The average molecular weight is 360 g/mol. The molecule has 0 amide bonds. The van der Waals surface area contributed by atoms with Crippen molar-refractivity contribution in [3.8, 4) is 5.75 Å². The Morgan fingerprint density at radius 1 is 1.38 bits per heavy atom. The first-order valence-electron chi connectivity index (χ1n) is 6.47. The van der Waals surface area contributed by atoms with E-state index in [4.69, 9.17) is 0 Å². The van der Waals surface area contributed by atoms with Crippen molar-refractivity contribution in [2.45, 2.75) is 19.6 Å². The maximum atomic E-state index is 12.4. The maximum absolute atomic E-state index is 12.4. The number of rotatable bonds is 7. The Labute approximate surface area is 130 Å². The van der Waals surface area contributed by atoms with Gasteiger partial charge < -0.3 is 10.1 Å². The summed E-state index contributed by atoms with van der Waals surface area (Å²) in [5.74, 6) is 0.196. The second-order valence-electron chi connectivity index (χ2n) is 4.50. The minimum atomic E-state index is -2.82. The Morgan fingerprint density at radius 3 is 2.86 bits per heavy atom. The largest absolute Gasteiger partial charge is 0.434 e. The molecule has 4 nitrogen and oxygen atoms in total. The van der Waals surface area contributed by atoms with E-state index in [1.165, 1.54) is 6.07 Å². The molecule has 7 heteroatoms. The van der Waals surface area contributed by atoms with Gasteiger partial charge in [0.2, 0.25) is 0 Å². The summed E-state index contributed by atoms with van der Waals surface area (Å²) >= 11 is 3.33. The third-order valence-corrected chi connectivity index (χ3v) is 3.53. The molecule has 1 aromatic carbocycles. The highest BCUT2D eigenvalue weighted by molar-refractivity contribution is 9.10. The third kappa shape index (κ3) is 4.78. The monoisotopic (exact) mass is 359 g/mol. The molecule has 0 unspecified atom stereocenters. The number of alkyl halides is 2. The van der Waals surface area contributed by atoms with Crippen molar-refractivity contribution >= 4 is 15.9 Å².